The maximum absolute atomic E-state index is 12.0. The Labute approximate surface area is 118 Å². The van der Waals surface area contributed by atoms with E-state index in [1.165, 1.54) is 4.68 Å². The number of hydrogen-bond donors (Lipinski definition) is 3. The normalized spacial score (nSPS) is 20.4. The van der Waals surface area contributed by atoms with Gasteiger partial charge in [-0.05, 0) is 6.92 Å². The molecule has 1 atom stereocenters. The Morgan fingerprint density at radius 2 is 2.25 bits per heavy atom. The average Bonchev–Trinajstić information content (AvgIpc) is 2.67. The molecule has 1 aromatic rings. The largest absolute Gasteiger partial charge is 0.394 e. The van der Waals surface area contributed by atoms with Crippen LogP contribution in [0.2, 0.25) is 0 Å². The van der Waals surface area contributed by atoms with Crippen LogP contribution in [0.25, 0.3) is 0 Å². The molecule has 0 radical (unpaired) electrons. The number of nitrogens with zero attached hydrogens (tertiary/aromatic N) is 3. The lowest BCUT2D eigenvalue weighted by atomic mass is 10.2. The van der Waals surface area contributed by atoms with E-state index < -0.39 is 9.84 Å². The second-order valence-electron chi connectivity index (χ2n) is 5.00. The van der Waals surface area contributed by atoms with Crippen LogP contribution in [0.1, 0.15) is 6.92 Å². The molecule has 20 heavy (non-hydrogen) atoms. The van der Waals surface area contributed by atoms with Gasteiger partial charge in [-0.25, -0.2) is 13.1 Å². The summed E-state index contributed by atoms with van der Waals surface area (Å²) in [6.07, 6.45) is 1.13. The van der Waals surface area contributed by atoms with Gasteiger partial charge in [-0.1, -0.05) is 0 Å². The van der Waals surface area contributed by atoms with Crippen molar-refractivity contribution in [1.29, 1.82) is 0 Å². The van der Waals surface area contributed by atoms with Crippen LogP contribution in [0.4, 0.5) is 11.6 Å². The van der Waals surface area contributed by atoms with Crippen LogP contribution < -0.4 is 16.0 Å². The summed E-state index contributed by atoms with van der Waals surface area (Å²) in [6.45, 7) is 4.22. The van der Waals surface area contributed by atoms with Crippen LogP contribution in [-0.2, 0) is 16.4 Å². The van der Waals surface area contributed by atoms with E-state index in [9.17, 15) is 8.42 Å². The van der Waals surface area contributed by atoms with Crippen molar-refractivity contribution >= 4 is 21.5 Å². The zero-order valence-corrected chi connectivity index (χ0v) is 12.5. The van der Waals surface area contributed by atoms with Crippen molar-refractivity contribution in [2.45, 2.75) is 24.4 Å². The molecular weight excluding hydrogens is 282 g/mol. The summed E-state index contributed by atoms with van der Waals surface area (Å²) in [5.41, 5.74) is 5.90. The van der Waals surface area contributed by atoms with Gasteiger partial charge in [0.2, 0.25) is 0 Å². The highest BCUT2D eigenvalue weighted by Gasteiger charge is 2.30. The minimum absolute atomic E-state index is 0.0553. The first-order valence-corrected chi connectivity index (χ1v) is 8.40. The molecule has 1 saturated heterocycles. The van der Waals surface area contributed by atoms with Crippen LogP contribution in [-0.4, -0.2) is 61.8 Å². The number of nitrogens with two attached hydrogens (primary N) is 1. The number of anilines is 2. The highest BCUT2D eigenvalue weighted by molar-refractivity contribution is 7.91. The molecule has 0 aromatic carbocycles. The number of hydrogen-bond acceptors (Lipinski definition) is 7. The van der Waals surface area contributed by atoms with Crippen molar-refractivity contribution < 1.29 is 13.5 Å². The molecule has 1 aliphatic rings. The molecule has 2 rings (SSSR count). The Bertz CT molecular complexity index is 583. The maximum Gasteiger partial charge on any atom is 0.182 e. The van der Waals surface area contributed by atoms with Gasteiger partial charge < -0.3 is 21.1 Å². The molecule has 0 bridgehead atoms. The fourth-order valence-electron chi connectivity index (χ4n) is 2.41. The van der Waals surface area contributed by atoms with E-state index in [4.69, 9.17) is 10.8 Å². The van der Waals surface area contributed by atoms with Gasteiger partial charge >= 0.3 is 0 Å². The molecule has 1 unspecified atom stereocenters. The van der Waals surface area contributed by atoms with Crippen molar-refractivity contribution in [3.8, 4) is 0 Å². The quantitative estimate of drug-likeness (QED) is 0.631. The SMILES string of the molecule is CC1CNCCN1c1nn(CCO)c(N)c1S(C)(=O)=O. The summed E-state index contributed by atoms with van der Waals surface area (Å²) >= 11 is 0. The highest BCUT2D eigenvalue weighted by atomic mass is 32.2. The molecule has 9 heteroatoms. The Balaban J connectivity index is 2.53. The van der Waals surface area contributed by atoms with Crippen LogP contribution in [0.15, 0.2) is 4.90 Å². The van der Waals surface area contributed by atoms with E-state index in [1.54, 1.807) is 0 Å². The second-order valence-corrected chi connectivity index (χ2v) is 6.96. The zero-order chi connectivity index (χ0) is 14.9. The molecule has 0 spiro atoms. The van der Waals surface area contributed by atoms with Gasteiger partial charge in [-0.15, -0.1) is 0 Å². The number of aliphatic hydroxyl groups excluding tert-OH is 1. The van der Waals surface area contributed by atoms with Crippen LogP contribution in [0, 0.1) is 0 Å². The smallest absolute Gasteiger partial charge is 0.182 e. The molecular formula is C11H21N5O3S. The van der Waals surface area contributed by atoms with E-state index in [0.717, 1.165) is 19.3 Å². The van der Waals surface area contributed by atoms with Crippen molar-refractivity contribution in [2.75, 3.05) is 43.1 Å². The Morgan fingerprint density at radius 1 is 1.55 bits per heavy atom. The third kappa shape index (κ3) is 2.74. The molecule has 8 nitrogen and oxygen atoms in total. The van der Waals surface area contributed by atoms with Crippen LogP contribution in [0.3, 0.4) is 0 Å². The summed E-state index contributed by atoms with van der Waals surface area (Å²) in [4.78, 5) is 2.00. The lowest BCUT2D eigenvalue weighted by Crippen LogP contribution is -2.50. The molecule has 4 N–H and O–H groups in total. The fourth-order valence-corrected chi connectivity index (χ4v) is 3.38. The third-order valence-corrected chi connectivity index (χ3v) is 4.52. The number of nitrogens with one attached hydrogen (secondary N) is 1. The first kappa shape index (κ1) is 15.1. The fraction of sp³-hybridized carbons (Fsp3) is 0.727. The van der Waals surface area contributed by atoms with Crippen molar-refractivity contribution in [3.05, 3.63) is 0 Å². The molecule has 0 amide bonds. The average molecular weight is 303 g/mol. The van der Waals surface area contributed by atoms with Gasteiger partial charge in [0.15, 0.2) is 20.6 Å². The number of piperazine rings is 1. The number of rotatable bonds is 4. The molecule has 1 aromatic heterocycles. The lowest BCUT2D eigenvalue weighted by molar-refractivity contribution is 0.270. The van der Waals surface area contributed by atoms with E-state index in [1.807, 2.05) is 11.8 Å². The standard InChI is InChI=1S/C11H21N5O3S/c1-8-7-13-3-4-15(8)11-9(20(2,18)19)10(12)16(14-11)5-6-17/h8,13,17H,3-7,12H2,1-2H3. The monoisotopic (exact) mass is 303 g/mol. The minimum atomic E-state index is -3.49. The molecule has 0 saturated carbocycles. The van der Waals surface area contributed by atoms with E-state index >= 15 is 0 Å². The second kappa shape index (κ2) is 5.58. The van der Waals surface area contributed by atoms with Gasteiger partial charge in [0.25, 0.3) is 0 Å². The maximum atomic E-state index is 12.0. The molecule has 0 aliphatic carbocycles. The van der Waals surface area contributed by atoms with Crippen molar-refractivity contribution in [1.82, 2.24) is 15.1 Å². The van der Waals surface area contributed by atoms with Gasteiger partial charge in [-0.3, -0.25) is 0 Å². The predicted octanol–water partition coefficient (Wildman–Crippen LogP) is -1.34. The van der Waals surface area contributed by atoms with Crippen molar-refractivity contribution in [2.24, 2.45) is 0 Å². The van der Waals surface area contributed by atoms with Crippen LogP contribution in [0.5, 0.6) is 0 Å². The van der Waals surface area contributed by atoms with E-state index in [-0.39, 0.29) is 29.9 Å². The molecule has 114 valence electrons. The summed E-state index contributed by atoms with van der Waals surface area (Å²) in [5, 5.41) is 16.6. The molecule has 1 aliphatic heterocycles. The van der Waals surface area contributed by atoms with Gasteiger partial charge in [-0.2, -0.15) is 5.10 Å². The third-order valence-electron chi connectivity index (χ3n) is 3.39. The van der Waals surface area contributed by atoms with Gasteiger partial charge in [0.1, 0.15) is 5.82 Å². The first-order valence-electron chi connectivity index (χ1n) is 6.50. The topological polar surface area (TPSA) is 113 Å². The van der Waals surface area contributed by atoms with Crippen LogP contribution >= 0.6 is 0 Å². The molecule has 2 heterocycles. The van der Waals surface area contributed by atoms with E-state index in [0.29, 0.717) is 12.4 Å². The summed E-state index contributed by atoms with van der Waals surface area (Å²) in [5.74, 6) is 0.467. The first-order chi connectivity index (χ1) is 9.36. The number of nitrogen functional groups attached to an aromatic ring is 1. The summed E-state index contributed by atoms with van der Waals surface area (Å²) in [7, 11) is -3.49. The summed E-state index contributed by atoms with van der Waals surface area (Å²) in [6, 6.07) is 0.126. The number of aliphatic hydroxyl groups is 1. The summed E-state index contributed by atoms with van der Waals surface area (Å²) < 4.78 is 25.4. The zero-order valence-electron chi connectivity index (χ0n) is 11.7. The predicted molar refractivity (Wildman–Crippen MR) is 76.5 cm³/mol. The van der Waals surface area contributed by atoms with E-state index in [2.05, 4.69) is 10.4 Å². The Hall–Kier alpha value is -1.32. The Kier molecular flexibility index (Phi) is 4.21. The number of aromatic nitrogens is 2. The highest BCUT2D eigenvalue weighted by Crippen LogP contribution is 2.31. The number of sulfone groups is 1. The lowest BCUT2D eigenvalue weighted by Gasteiger charge is -2.34. The minimum Gasteiger partial charge on any atom is -0.394 e. The van der Waals surface area contributed by atoms with Crippen molar-refractivity contribution in [3.63, 3.8) is 0 Å². The Morgan fingerprint density at radius 3 is 2.80 bits per heavy atom. The molecule has 1 fully saturated rings. The van der Waals surface area contributed by atoms with Gasteiger partial charge in [0.05, 0.1) is 13.2 Å². The van der Waals surface area contributed by atoms with Gasteiger partial charge in [0, 0.05) is 31.9 Å².